The summed E-state index contributed by atoms with van der Waals surface area (Å²) in [6.45, 7) is 2.77. The maximum Gasteiger partial charge on any atom is 0.410 e. The molecule has 0 aromatic heterocycles. The minimum atomic E-state index is -0.210. The van der Waals surface area contributed by atoms with Crippen LogP contribution in [0.3, 0.4) is 0 Å². The predicted molar refractivity (Wildman–Crippen MR) is 99.4 cm³/mol. The molecule has 0 radical (unpaired) electrons. The van der Waals surface area contributed by atoms with Gasteiger partial charge in [0, 0.05) is 19.1 Å². The quantitative estimate of drug-likeness (QED) is 0.875. The Hall–Kier alpha value is -2.33. The summed E-state index contributed by atoms with van der Waals surface area (Å²) in [5, 5.41) is 3.58. The monoisotopic (exact) mass is 338 g/mol. The van der Waals surface area contributed by atoms with Crippen molar-refractivity contribution >= 4 is 6.09 Å². The summed E-state index contributed by atoms with van der Waals surface area (Å²) in [5.41, 5.74) is 2.36. The van der Waals surface area contributed by atoms with E-state index in [1.165, 1.54) is 5.56 Å². The van der Waals surface area contributed by atoms with Crippen LogP contribution >= 0.6 is 0 Å². The van der Waals surface area contributed by atoms with Gasteiger partial charge in [0.2, 0.25) is 0 Å². The van der Waals surface area contributed by atoms with E-state index in [-0.39, 0.29) is 6.09 Å². The first-order valence-electron chi connectivity index (χ1n) is 9.04. The maximum atomic E-state index is 12.3. The van der Waals surface area contributed by atoms with Crippen LogP contribution in [0, 0.1) is 0 Å². The Morgan fingerprint density at radius 3 is 2.44 bits per heavy atom. The molecular formula is C21H26N2O2. The molecule has 1 aliphatic rings. The number of piperidine rings is 1. The second kappa shape index (κ2) is 9.23. The average molecular weight is 338 g/mol. The van der Waals surface area contributed by atoms with Gasteiger partial charge in [0.1, 0.15) is 6.61 Å². The van der Waals surface area contributed by atoms with Gasteiger partial charge in [0.25, 0.3) is 0 Å². The molecule has 1 saturated heterocycles. The van der Waals surface area contributed by atoms with Crippen LogP contribution in [-0.2, 0) is 17.8 Å². The molecule has 4 heteroatoms. The van der Waals surface area contributed by atoms with Crippen molar-refractivity contribution in [2.45, 2.75) is 31.9 Å². The van der Waals surface area contributed by atoms with Gasteiger partial charge in [-0.3, -0.25) is 0 Å². The molecule has 1 N–H and O–H groups in total. The Morgan fingerprint density at radius 2 is 1.72 bits per heavy atom. The minimum absolute atomic E-state index is 0.210. The Morgan fingerprint density at radius 1 is 1.04 bits per heavy atom. The van der Waals surface area contributed by atoms with Crippen molar-refractivity contribution in [3.8, 4) is 0 Å². The Labute approximate surface area is 149 Å². The lowest BCUT2D eigenvalue weighted by atomic mass is 10.1. The van der Waals surface area contributed by atoms with Gasteiger partial charge in [-0.25, -0.2) is 4.79 Å². The molecule has 0 unspecified atom stereocenters. The number of hydrogen-bond acceptors (Lipinski definition) is 3. The average Bonchev–Trinajstić information content (AvgIpc) is 2.68. The zero-order valence-corrected chi connectivity index (χ0v) is 14.6. The van der Waals surface area contributed by atoms with Crippen molar-refractivity contribution in [1.82, 2.24) is 10.2 Å². The van der Waals surface area contributed by atoms with Crippen LogP contribution in [0.25, 0.3) is 0 Å². The van der Waals surface area contributed by atoms with E-state index in [1.807, 2.05) is 41.3 Å². The normalized spacial score (nSPS) is 17.3. The molecule has 1 atom stereocenters. The van der Waals surface area contributed by atoms with E-state index < -0.39 is 0 Å². The topological polar surface area (TPSA) is 41.6 Å². The van der Waals surface area contributed by atoms with Gasteiger partial charge >= 0.3 is 6.09 Å². The maximum absolute atomic E-state index is 12.3. The second-order valence-corrected chi connectivity index (χ2v) is 6.52. The van der Waals surface area contributed by atoms with Crippen molar-refractivity contribution in [3.63, 3.8) is 0 Å². The SMILES string of the molecule is O=C(OCc1ccccc1)N1CCC[C@H](NCCc2ccccc2)C1. The molecule has 1 aliphatic heterocycles. The fourth-order valence-electron chi connectivity index (χ4n) is 3.19. The molecule has 3 rings (SSSR count). The molecule has 132 valence electrons. The molecule has 1 fully saturated rings. The van der Waals surface area contributed by atoms with Gasteiger partial charge in [-0.1, -0.05) is 60.7 Å². The van der Waals surface area contributed by atoms with Crippen LogP contribution in [0.2, 0.25) is 0 Å². The Balaban J connectivity index is 1.40. The number of benzene rings is 2. The van der Waals surface area contributed by atoms with Crippen LogP contribution < -0.4 is 5.32 Å². The molecule has 4 nitrogen and oxygen atoms in total. The van der Waals surface area contributed by atoms with Gasteiger partial charge < -0.3 is 15.0 Å². The Kier molecular flexibility index (Phi) is 6.46. The highest BCUT2D eigenvalue weighted by molar-refractivity contribution is 5.67. The van der Waals surface area contributed by atoms with Crippen LogP contribution in [0.5, 0.6) is 0 Å². The van der Waals surface area contributed by atoms with Gasteiger partial charge in [0.15, 0.2) is 0 Å². The highest BCUT2D eigenvalue weighted by Crippen LogP contribution is 2.12. The number of nitrogens with one attached hydrogen (secondary N) is 1. The van der Waals surface area contributed by atoms with E-state index in [4.69, 9.17) is 4.74 Å². The molecule has 1 amide bonds. The second-order valence-electron chi connectivity index (χ2n) is 6.52. The molecule has 0 bridgehead atoms. The largest absolute Gasteiger partial charge is 0.445 e. The van der Waals surface area contributed by atoms with Crippen LogP contribution in [0.1, 0.15) is 24.0 Å². The minimum Gasteiger partial charge on any atom is -0.445 e. The van der Waals surface area contributed by atoms with Gasteiger partial charge in [0.05, 0.1) is 0 Å². The number of hydrogen-bond donors (Lipinski definition) is 1. The number of rotatable bonds is 6. The first-order chi connectivity index (χ1) is 12.3. The molecule has 2 aromatic rings. The summed E-state index contributed by atoms with van der Waals surface area (Å²) >= 11 is 0. The number of amides is 1. The fraction of sp³-hybridized carbons (Fsp3) is 0.381. The predicted octanol–water partition coefficient (Wildman–Crippen LogP) is 3.62. The van der Waals surface area contributed by atoms with Crippen LogP contribution in [0.4, 0.5) is 4.79 Å². The highest BCUT2D eigenvalue weighted by atomic mass is 16.6. The molecule has 2 aromatic carbocycles. The van der Waals surface area contributed by atoms with Crippen molar-refractivity contribution in [2.75, 3.05) is 19.6 Å². The van der Waals surface area contributed by atoms with E-state index in [1.54, 1.807) is 0 Å². The fourth-order valence-corrected chi connectivity index (χ4v) is 3.19. The summed E-state index contributed by atoms with van der Waals surface area (Å²) in [7, 11) is 0. The lowest BCUT2D eigenvalue weighted by Gasteiger charge is -2.32. The standard InChI is InChI=1S/C21H26N2O2/c24-21(25-17-19-10-5-2-6-11-19)23-15-7-12-20(16-23)22-14-13-18-8-3-1-4-9-18/h1-6,8-11,20,22H,7,12-17H2/t20-/m0/s1. The Bertz CT molecular complexity index is 645. The lowest BCUT2D eigenvalue weighted by molar-refractivity contribution is 0.0834. The third kappa shape index (κ3) is 5.61. The molecule has 0 aliphatic carbocycles. The number of nitrogens with zero attached hydrogens (tertiary/aromatic N) is 1. The summed E-state index contributed by atoms with van der Waals surface area (Å²) in [5.74, 6) is 0. The molecule has 0 saturated carbocycles. The van der Waals surface area contributed by atoms with Crippen molar-refractivity contribution in [3.05, 3.63) is 71.8 Å². The third-order valence-corrected chi connectivity index (χ3v) is 4.57. The lowest BCUT2D eigenvalue weighted by Crippen LogP contribution is -2.48. The smallest absolute Gasteiger partial charge is 0.410 e. The van der Waals surface area contributed by atoms with E-state index >= 15 is 0 Å². The first kappa shape index (κ1) is 17.5. The number of carbonyl (C=O) groups is 1. The summed E-state index contributed by atoms with van der Waals surface area (Å²) in [6.07, 6.45) is 2.93. The zero-order valence-electron chi connectivity index (χ0n) is 14.6. The molecule has 1 heterocycles. The number of likely N-dealkylation sites (tertiary alicyclic amines) is 1. The van der Waals surface area contributed by atoms with Crippen LogP contribution in [0.15, 0.2) is 60.7 Å². The summed E-state index contributed by atoms with van der Waals surface area (Å²) in [4.78, 5) is 14.1. The number of ether oxygens (including phenoxy) is 1. The van der Waals surface area contributed by atoms with Gasteiger partial charge in [-0.2, -0.15) is 0 Å². The molecular weight excluding hydrogens is 312 g/mol. The number of carbonyl (C=O) groups excluding carboxylic acids is 1. The van der Waals surface area contributed by atoms with E-state index in [9.17, 15) is 4.79 Å². The van der Waals surface area contributed by atoms with Crippen molar-refractivity contribution in [2.24, 2.45) is 0 Å². The van der Waals surface area contributed by atoms with E-state index in [2.05, 4.69) is 29.6 Å². The zero-order chi connectivity index (χ0) is 17.3. The van der Waals surface area contributed by atoms with Crippen LogP contribution in [-0.4, -0.2) is 36.7 Å². The molecule has 25 heavy (non-hydrogen) atoms. The highest BCUT2D eigenvalue weighted by Gasteiger charge is 2.24. The van der Waals surface area contributed by atoms with E-state index in [0.717, 1.165) is 44.5 Å². The van der Waals surface area contributed by atoms with E-state index in [0.29, 0.717) is 12.6 Å². The summed E-state index contributed by atoms with van der Waals surface area (Å²) < 4.78 is 5.45. The van der Waals surface area contributed by atoms with Crippen molar-refractivity contribution in [1.29, 1.82) is 0 Å². The van der Waals surface area contributed by atoms with Gasteiger partial charge in [-0.05, 0) is 36.9 Å². The third-order valence-electron chi connectivity index (χ3n) is 4.57. The van der Waals surface area contributed by atoms with Crippen molar-refractivity contribution < 1.29 is 9.53 Å². The summed E-state index contributed by atoms with van der Waals surface area (Å²) in [6, 6.07) is 20.6. The van der Waals surface area contributed by atoms with Gasteiger partial charge in [-0.15, -0.1) is 0 Å². The molecule has 0 spiro atoms. The first-order valence-corrected chi connectivity index (χ1v) is 9.04.